The predicted octanol–water partition coefficient (Wildman–Crippen LogP) is 5.26. The zero-order valence-corrected chi connectivity index (χ0v) is 20.9. The monoisotopic (exact) mass is 542 g/mol. The Kier molecular flexibility index (Phi) is 6.50. The van der Waals surface area contributed by atoms with Crippen LogP contribution in [0.15, 0.2) is 35.1 Å². The van der Waals surface area contributed by atoms with Crippen molar-refractivity contribution in [3.8, 4) is 29.7 Å². The Bertz CT molecular complexity index is 1110. The highest BCUT2D eigenvalue weighted by Gasteiger charge is 2.55. The summed E-state index contributed by atoms with van der Waals surface area (Å²) in [4.78, 5) is 0. The number of benzene rings is 1. The van der Waals surface area contributed by atoms with Gasteiger partial charge in [-0.2, -0.15) is 15.8 Å². The summed E-state index contributed by atoms with van der Waals surface area (Å²) >= 11 is 2.02. The van der Waals surface area contributed by atoms with Gasteiger partial charge in [0.2, 0.25) is 0 Å². The summed E-state index contributed by atoms with van der Waals surface area (Å²) in [5.41, 5.74) is 6.50. The minimum atomic E-state index is -1.70. The Morgan fingerprint density at radius 2 is 1.91 bits per heavy atom. The van der Waals surface area contributed by atoms with Gasteiger partial charge >= 0.3 is 0 Å². The second kappa shape index (κ2) is 8.68. The van der Waals surface area contributed by atoms with Crippen LogP contribution in [0.2, 0.25) is 0 Å². The van der Waals surface area contributed by atoms with Crippen LogP contribution in [-0.4, -0.2) is 11.7 Å². The van der Waals surface area contributed by atoms with E-state index in [1.807, 2.05) is 29.5 Å². The molecule has 0 saturated carbocycles. The van der Waals surface area contributed by atoms with Crippen LogP contribution < -0.4 is 10.5 Å². The Morgan fingerprint density at radius 1 is 1.25 bits per heavy atom. The molecule has 0 radical (unpaired) electrons. The molecule has 32 heavy (non-hydrogen) atoms. The van der Waals surface area contributed by atoms with Gasteiger partial charge in [-0.15, -0.1) is 0 Å². The SMILES string of the molecule is CCOc1cc([C@@H]2[C@H]3C[C@H](C(C)(C)C)CC=C3C(C#N)=C(N)C2(C#N)C#N)cc(I)c1O. The molecule has 3 atom stereocenters. The van der Waals surface area contributed by atoms with Crippen molar-refractivity contribution in [2.45, 2.75) is 46.5 Å². The number of halogens is 1. The third-order valence-corrected chi connectivity index (χ3v) is 7.63. The third kappa shape index (κ3) is 3.71. The Morgan fingerprint density at radius 3 is 2.44 bits per heavy atom. The lowest BCUT2D eigenvalue weighted by Gasteiger charge is -2.47. The first-order valence-corrected chi connectivity index (χ1v) is 11.7. The van der Waals surface area contributed by atoms with Crippen LogP contribution in [-0.2, 0) is 0 Å². The summed E-state index contributed by atoms with van der Waals surface area (Å²) in [6.45, 7) is 8.73. The van der Waals surface area contributed by atoms with Gasteiger partial charge in [0.05, 0.1) is 33.6 Å². The lowest BCUT2D eigenvalue weighted by Crippen LogP contribution is -2.44. The number of phenols is 1. The molecule has 1 aromatic carbocycles. The van der Waals surface area contributed by atoms with E-state index in [0.29, 0.717) is 27.4 Å². The van der Waals surface area contributed by atoms with Crippen molar-refractivity contribution in [1.29, 1.82) is 15.8 Å². The van der Waals surface area contributed by atoms with Gasteiger partial charge in [-0.05, 0) is 82.9 Å². The third-order valence-electron chi connectivity index (χ3n) is 6.81. The fourth-order valence-corrected chi connectivity index (χ4v) is 5.64. The Labute approximate surface area is 203 Å². The highest BCUT2D eigenvalue weighted by molar-refractivity contribution is 14.1. The first kappa shape index (κ1) is 24.0. The highest BCUT2D eigenvalue weighted by atomic mass is 127. The van der Waals surface area contributed by atoms with E-state index in [0.717, 1.165) is 18.4 Å². The fraction of sp³-hybridized carbons (Fsp3) is 0.480. The number of nitrogens with two attached hydrogens (primary N) is 1. The van der Waals surface area contributed by atoms with E-state index >= 15 is 0 Å². The molecule has 6 nitrogen and oxygen atoms in total. The smallest absolute Gasteiger partial charge is 0.191 e. The van der Waals surface area contributed by atoms with E-state index < -0.39 is 11.3 Å². The number of fused-ring (bicyclic) bond motifs is 1. The van der Waals surface area contributed by atoms with Crippen LogP contribution in [0.5, 0.6) is 11.5 Å². The van der Waals surface area contributed by atoms with Gasteiger partial charge in [0.15, 0.2) is 16.9 Å². The maximum Gasteiger partial charge on any atom is 0.191 e. The zero-order valence-electron chi connectivity index (χ0n) is 18.7. The molecule has 0 saturated heterocycles. The first-order chi connectivity index (χ1) is 15.0. The standard InChI is InChI=1S/C25H27IN4O2/c1-5-32-20-9-14(8-19(26)22(20)31)21-17-10-15(24(2,3)4)6-7-16(17)18(11-27)23(30)25(21,12-28)13-29/h7-9,15,17,21,31H,5-6,10,30H2,1-4H3/t15-,17+,21-/m1/s1. The van der Waals surface area contributed by atoms with E-state index in [9.17, 15) is 20.9 Å². The first-order valence-electron chi connectivity index (χ1n) is 10.6. The van der Waals surface area contributed by atoms with E-state index in [4.69, 9.17) is 10.5 Å². The second-order valence-electron chi connectivity index (χ2n) is 9.49. The lowest BCUT2D eigenvalue weighted by molar-refractivity contribution is 0.170. The van der Waals surface area contributed by atoms with Gasteiger partial charge in [-0.1, -0.05) is 26.8 Å². The number of hydrogen-bond acceptors (Lipinski definition) is 6. The van der Waals surface area contributed by atoms with Crippen molar-refractivity contribution in [2.24, 2.45) is 28.4 Å². The fourth-order valence-electron chi connectivity index (χ4n) is 5.01. The van der Waals surface area contributed by atoms with Crippen molar-refractivity contribution >= 4 is 22.6 Å². The predicted molar refractivity (Wildman–Crippen MR) is 129 cm³/mol. The number of allylic oxidation sites excluding steroid dienone is 4. The van der Waals surface area contributed by atoms with Gasteiger partial charge in [-0.3, -0.25) is 0 Å². The van der Waals surface area contributed by atoms with Gasteiger partial charge in [0.1, 0.15) is 6.07 Å². The number of phenolic OH excluding ortho intramolecular Hbond substituents is 1. The van der Waals surface area contributed by atoms with Crippen molar-refractivity contribution in [2.75, 3.05) is 6.61 Å². The summed E-state index contributed by atoms with van der Waals surface area (Å²) < 4.78 is 6.20. The average molecular weight is 542 g/mol. The molecule has 0 spiro atoms. The average Bonchev–Trinajstić information content (AvgIpc) is 2.75. The molecule has 0 aromatic heterocycles. The second-order valence-corrected chi connectivity index (χ2v) is 10.7. The van der Waals surface area contributed by atoms with Crippen molar-refractivity contribution < 1.29 is 9.84 Å². The number of ether oxygens (including phenoxy) is 1. The topological polar surface area (TPSA) is 127 Å². The van der Waals surface area contributed by atoms with Crippen LogP contribution >= 0.6 is 22.6 Å². The van der Waals surface area contributed by atoms with Gasteiger partial charge in [0, 0.05) is 5.92 Å². The summed E-state index contributed by atoms with van der Waals surface area (Å²) in [7, 11) is 0. The maximum atomic E-state index is 10.5. The summed E-state index contributed by atoms with van der Waals surface area (Å²) in [5.74, 6) is -0.180. The number of rotatable bonds is 3. The summed E-state index contributed by atoms with van der Waals surface area (Å²) in [6.07, 6.45) is 3.60. The van der Waals surface area contributed by atoms with E-state index in [1.54, 1.807) is 12.1 Å². The van der Waals surface area contributed by atoms with Crippen molar-refractivity contribution in [3.63, 3.8) is 0 Å². The number of aromatic hydroxyl groups is 1. The molecule has 1 aromatic rings. The zero-order chi connectivity index (χ0) is 23.8. The number of nitriles is 3. The maximum absolute atomic E-state index is 10.5. The minimum Gasteiger partial charge on any atom is -0.504 e. The quantitative estimate of drug-likeness (QED) is 0.502. The van der Waals surface area contributed by atoms with Crippen LogP contribution in [0.4, 0.5) is 0 Å². The normalized spacial score (nSPS) is 24.4. The molecule has 0 fully saturated rings. The molecule has 2 aliphatic carbocycles. The largest absolute Gasteiger partial charge is 0.504 e. The van der Waals surface area contributed by atoms with Gasteiger partial charge in [-0.25, -0.2) is 0 Å². The molecule has 0 amide bonds. The van der Waals surface area contributed by atoms with Gasteiger partial charge in [0.25, 0.3) is 0 Å². The molecule has 3 rings (SSSR count). The Balaban J connectivity index is 2.34. The molecule has 0 aliphatic heterocycles. The molecule has 2 aliphatic rings. The van der Waals surface area contributed by atoms with E-state index in [2.05, 4.69) is 45.1 Å². The molecule has 0 bridgehead atoms. The molecule has 166 valence electrons. The van der Waals surface area contributed by atoms with Crippen molar-refractivity contribution in [1.82, 2.24) is 0 Å². The van der Waals surface area contributed by atoms with Crippen LogP contribution in [0.1, 0.15) is 52.0 Å². The van der Waals surface area contributed by atoms with E-state index in [1.165, 1.54) is 0 Å². The van der Waals surface area contributed by atoms with Crippen LogP contribution in [0.3, 0.4) is 0 Å². The van der Waals surface area contributed by atoms with Crippen LogP contribution in [0, 0.1) is 60.2 Å². The number of hydrogen-bond donors (Lipinski definition) is 2. The molecule has 0 unspecified atom stereocenters. The van der Waals surface area contributed by atoms with Gasteiger partial charge < -0.3 is 15.6 Å². The summed E-state index contributed by atoms with van der Waals surface area (Å²) in [5, 5.41) is 40.9. The summed E-state index contributed by atoms with van der Waals surface area (Å²) in [6, 6.07) is 10.0. The lowest BCUT2D eigenvalue weighted by atomic mass is 9.54. The molecular formula is C25H27IN4O2. The Hall–Kier alpha value is -2.70. The molecule has 3 N–H and O–H groups in total. The molecule has 0 heterocycles. The van der Waals surface area contributed by atoms with Crippen LogP contribution in [0.25, 0.3) is 0 Å². The highest BCUT2D eigenvalue weighted by Crippen LogP contribution is 2.58. The minimum absolute atomic E-state index is 0.00718. The molecule has 7 heteroatoms. The van der Waals surface area contributed by atoms with Crippen molar-refractivity contribution in [3.05, 3.63) is 44.2 Å². The molecular weight excluding hydrogens is 515 g/mol. The van der Waals surface area contributed by atoms with E-state index in [-0.39, 0.29) is 28.4 Å². The number of nitrogens with zero attached hydrogens (tertiary/aromatic N) is 3.